The summed E-state index contributed by atoms with van der Waals surface area (Å²) >= 11 is 0. The van der Waals surface area contributed by atoms with E-state index < -0.39 is 10.8 Å². The third-order valence-corrected chi connectivity index (χ3v) is 3.36. The Balaban J connectivity index is 2.34. The Morgan fingerprint density at radius 3 is 2.65 bits per heavy atom. The second-order valence-corrected chi connectivity index (χ2v) is 4.79. The highest BCUT2D eigenvalue weighted by atomic mass is 16.6. The monoisotopic (exact) mass is 316 g/mol. The number of hydrogen-bond donors (Lipinski definition) is 2. The molecule has 7 nitrogen and oxygen atoms in total. The fraction of sp³-hybridized carbons (Fsp3) is 0.188. The van der Waals surface area contributed by atoms with Crippen LogP contribution >= 0.6 is 0 Å². The van der Waals surface area contributed by atoms with E-state index in [0.717, 1.165) is 0 Å². The molecule has 2 aromatic carbocycles. The molecule has 0 saturated heterocycles. The quantitative estimate of drug-likeness (QED) is 0.652. The van der Waals surface area contributed by atoms with E-state index in [2.05, 4.69) is 5.32 Å². The van der Waals surface area contributed by atoms with Crippen molar-refractivity contribution in [1.29, 1.82) is 0 Å². The maximum atomic E-state index is 12.4. The topological polar surface area (TPSA) is 102 Å². The molecule has 0 aliphatic rings. The van der Waals surface area contributed by atoms with Crippen molar-refractivity contribution in [2.45, 2.75) is 13.3 Å². The molecule has 0 fully saturated rings. The van der Waals surface area contributed by atoms with E-state index in [1.54, 1.807) is 0 Å². The number of anilines is 1. The van der Waals surface area contributed by atoms with Gasteiger partial charge >= 0.3 is 0 Å². The summed E-state index contributed by atoms with van der Waals surface area (Å²) in [7, 11) is 1.42. The van der Waals surface area contributed by atoms with E-state index >= 15 is 0 Å². The van der Waals surface area contributed by atoms with Gasteiger partial charge in [0.1, 0.15) is 11.5 Å². The van der Waals surface area contributed by atoms with Crippen molar-refractivity contribution in [1.82, 2.24) is 0 Å². The summed E-state index contributed by atoms with van der Waals surface area (Å²) in [6.45, 7) is 1.84. The zero-order valence-electron chi connectivity index (χ0n) is 12.7. The number of ether oxygens (including phenoxy) is 1. The molecule has 0 aliphatic carbocycles. The van der Waals surface area contributed by atoms with Crippen molar-refractivity contribution in [2.24, 2.45) is 0 Å². The van der Waals surface area contributed by atoms with Crippen LogP contribution < -0.4 is 10.1 Å². The zero-order valence-corrected chi connectivity index (χ0v) is 12.7. The molecule has 0 radical (unpaired) electrons. The fourth-order valence-electron chi connectivity index (χ4n) is 2.17. The minimum Gasteiger partial charge on any atom is -0.508 e. The summed E-state index contributed by atoms with van der Waals surface area (Å²) in [5.74, 6) is -0.211. The van der Waals surface area contributed by atoms with Gasteiger partial charge in [-0.05, 0) is 36.2 Å². The molecule has 1 amide bonds. The second kappa shape index (κ2) is 6.78. The molecular formula is C16H16N2O5. The van der Waals surface area contributed by atoms with Crippen LogP contribution in [0.15, 0.2) is 36.4 Å². The Kier molecular flexibility index (Phi) is 4.80. The molecule has 7 heteroatoms. The van der Waals surface area contributed by atoms with Crippen molar-refractivity contribution < 1.29 is 19.6 Å². The van der Waals surface area contributed by atoms with Gasteiger partial charge in [0.2, 0.25) is 0 Å². The number of phenols is 1. The average Bonchev–Trinajstić information content (AvgIpc) is 2.54. The molecule has 2 aromatic rings. The maximum Gasteiger partial charge on any atom is 0.269 e. The molecule has 0 saturated carbocycles. The predicted molar refractivity (Wildman–Crippen MR) is 85.1 cm³/mol. The molecule has 0 atom stereocenters. The molecule has 2 N–H and O–H groups in total. The number of methoxy groups -OCH3 is 1. The summed E-state index contributed by atoms with van der Waals surface area (Å²) in [5.41, 5.74) is 1.27. The lowest BCUT2D eigenvalue weighted by Gasteiger charge is -2.12. The van der Waals surface area contributed by atoms with Crippen LogP contribution in [0.25, 0.3) is 0 Å². The van der Waals surface area contributed by atoms with E-state index in [9.17, 15) is 20.0 Å². The van der Waals surface area contributed by atoms with Crippen LogP contribution in [-0.2, 0) is 6.42 Å². The smallest absolute Gasteiger partial charge is 0.269 e. The molecule has 120 valence electrons. The van der Waals surface area contributed by atoms with Crippen LogP contribution in [0.3, 0.4) is 0 Å². The fourth-order valence-corrected chi connectivity index (χ4v) is 2.17. The molecule has 2 rings (SSSR count). The van der Waals surface area contributed by atoms with Gasteiger partial charge < -0.3 is 15.2 Å². The highest BCUT2D eigenvalue weighted by molar-refractivity contribution is 6.06. The molecule has 0 heterocycles. The molecule has 0 spiro atoms. The number of amides is 1. The number of benzene rings is 2. The lowest BCUT2D eigenvalue weighted by Crippen LogP contribution is -2.14. The van der Waals surface area contributed by atoms with Gasteiger partial charge in [-0.25, -0.2) is 0 Å². The van der Waals surface area contributed by atoms with E-state index in [4.69, 9.17) is 4.74 Å². The van der Waals surface area contributed by atoms with Crippen molar-refractivity contribution in [3.63, 3.8) is 0 Å². The van der Waals surface area contributed by atoms with E-state index in [1.165, 1.54) is 43.5 Å². The van der Waals surface area contributed by atoms with Gasteiger partial charge in [-0.15, -0.1) is 0 Å². The lowest BCUT2D eigenvalue weighted by molar-refractivity contribution is -0.384. The Morgan fingerprint density at radius 2 is 2.04 bits per heavy atom. The molecule has 0 aliphatic heterocycles. The number of aromatic hydroxyl groups is 1. The number of phenolic OH excluding ortho intramolecular Hbond substituents is 1. The Morgan fingerprint density at radius 1 is 1.30 bits per heavy atom. The van der Waals surface area contributed by atoms with Gasteiger partial charge in [-0.1, -0.05) is 6.92 Å². The largest absolute Gasteiger partial charge is 0.508 e. The van der Waals surface area contributed by atoms with Gasteiger partial charge in [0, 0.05) is 17.8 Å². The van der Waals surface area contributed by atoms with E-state index in [0.29, 0.717) is 23.4 Å². The Labute approximate surface area is 132 Å². The third-order valence-electron chi connectivity index (χ3n) is 3.36. The van der Waals surface area contributed by atoms with E-state index in [1.807, 2.05) is 6.92 Å². The Bertz CT molecular complexity index is 758. The standard InChI is InChI=1S/C16H16N2O5/c1-3-10-8-11(18(21)22)4-6-14(10)17-16(20)13-9-12(19)5-7-15(13)23-2/h4-9,19H,3H2,1-2H3,(H,17,20). The van der Waals surface area contributed by atoms with Crippen LogP contribution in [0, 0.1) is 10.1 Å². The SMILES string of the molecule is CCc1cc([N+](=O)[O-])ccc1NC(=O)c1cc(O)ccc1OC. The second-order valence-electron chi connectivity index (χ2n) is 4.79. The van der Waals surface area contributed by atoms with Crippen LogP contribution in [0.2, 0.25) is 0 Å². The lowest BCUT2D eigenvalue weighted by atomic mass is 10.1. The first kappa shape index (κ1) is 16.3. The summed E-state index contributed by atoms with van der Waals surface area (Å²) < 4.78 is 5.11. The summed E-state index contributed by atoms with van der Waals surface area (Å²) in [5, 5.41) is 23.0. The number of rotatable bonds is 5. The van der Waals surface area contributed by atoms with Gasteiger partial charge in [-0.2, -0.15) is 0 Å². The molecule has 0 unspecified atom stereocenters. The maximum absolute atomic E-state index is 12.4. The molecule has 0 bridgehead atoms. The normalized spacial score (nSPS) is 10.2. The van der Waals surface area contributed by atoms with Crippen molar-refractivity contribution >= 4 is 17.3 Å². The summed E-state index contributed by atoms with van der Waals surface area (Å²) in [4.78, 5) is 22.7. The minimum atomic E-state index is -0.483. The number of hydrogen-bond acceptors (Lipinski definition) is 5. The average molecular weight is 316 g/mol. The Hall–Kier alpha value is -3.09. The highest BCUT2D eigenvalue weighted by Crippen LogP contribution is 2.27. The van der Waals surface area contributed by atoms with Gasteiger partial charge in [0.15, 0.2) is 0 Å². The predicted octanol–water partition coefficient (Wildman–Crippen LogP) is 3.12. The number of nitro benzene ring substituents is 1. The molecule has 23 heavy (non-hydrogen) atoms. The summed E-state index contributed by atoms with van der Waals surface area (Å²) in [6.07, 6.45) is 0.522. The van der Waals surface area contributed by atoms with E-state index in [-0.39, 0.29) is 17.0 Å². The van der Waals surface area contributed by atoms with Gasteiger partial charge in [0.25, 0.3) is 11.6 Å². The first-order chi connectivity index (χ1) is 11.0. The molecule has 0 aromatic heterocycles. The van der Waals surface area contributed by atoms with Crippen molar-refractivity contribution in [3.8, 4) is 11.5 Å². The van der Waals surface area contributed by atoms with Crippen LogP contribution in [0.1, 0.15) is 22.8 Å². The first-order valence-corrected chi connectivity index (χ1v) is 6.92. The molecular weight excluding hydrogens is 300 g/mol. The number of aryl methyl sites for hydroxylation is 1. The van der Waals surface area contributed by atoms with Crippen molar-refractivity contribution in [3.05, 3.63) is 57.6 Å². The van der Waals surface area contributed by atoms with Crippen LogP contribution in [0.5, 0.6) is 11.5 Å². The summed E-state index contributed by atoms with van der Waals surface area (Å²) in [6, 6.07) is 8.44. The zero-order chi connectivity index (χ0) is 17.0. The number of nitrogens with zero attached hydrogens (tertiary/aromatic N) is 1. The van der Waals surface area contributed by atoms with Crippen LogP contribution in [-0.4, -0.2) is 23.0 Å². The number of carbonyl (C=O) groups is 1. The number of non-ortho nitro benzene ring substituents is 1. The van der Waals surface area contributed by atoms with Gasteiger partial charge in [-0.3, -0.25) is 14.9 Å². The number of nitrogens with one attached hydrogen (secondary N) is 1. The first-order valence-electron chi connectivity index (χ1n) is 6.92. The van der Waals surface area contributed by atoms with Gasteiger partial charge in [0.05, 0.1) is 17.6 Å². The highest BCUT2D eigenvalue weighted by Gasteiger charge is 2.16. The number of carbonyl (C=O) groups excluding carboxylic acids is 1. The van der Waals surface area contributed by atoms with Crippen LogP contribution in [0.4, 0.5) is 11.4 Å². The number of nitro groups is 1. The minimum absolute atomic E-state index is 0.0326. The third kappa shape index (κ3) is 3.57. The van der Waals surface area contributed by atoms with Crippen molar-refractivity contribution in [2.75, 3.05) is 12.4 Å².